The van der Waals surface area contributed by atoms with Gasteiger partial charge < -0.3 is 14.6 Å². The molecule has 1 amide bonds. The predicted molar refractivity (Wildman–Crippen MR) is 72.3 cm³/mol. The normalized spacial score (nSPS) is 11.3. The van der Waals surface area contributed by atoms with Crippen molar-refractivity contribution in [2.45, 2.75) is 53.2 Å². The zero-order valence-corrected chi connectivity index (χ0v) is 12.0. The van der Waals surface area contributed by atoms with Crippen LogP contribution in [-0.4, -0.2) is 29.4 Å². The third-order valence-electron chi connectivity index (χ3n) is 2.73. The van der Waals surface area contributed by atoms with Gasteiger partial charge in [0, 0.05) is 12.1 Å². The van der Waals surface area contributed by atoms with Crippen molar-refractivity contribution in [2.75, 3.05) is 6.54 Å². The summed E-state index contributed by atoms with van der Waals surface area (Å²) in [5, 5.41) is 3.15. The van der Waals surface area contributed by atoms with Crippen molar-refractivity contribution < 1.29 is 9.21 Å². The molecule has 0 spiro atoms. The molecule has 0 atom stereocenters. The van der Waals surface area contributed by atoms with Crippen molar-refractivity contribution in [3.8, 4) is 0 Å². The second-order valence-electron chi connectivity index (χ2n) is 5.16. The molecule has 1 N–H and O–H groups in total. The molecule has 1 heterocycles. The lowest BCUT2D eigenvalue weighted by Gasteiger charge is -2.26. The Morgan fingerprint density at radius 3 is 2.44 bits per heavy atom. The van der Waals surface area contributed by atoms with Crippen molar-refractivity contribution in [1.82, 2.24) is 10.2 Å². The summed E-state index contributed by atoms with van der Waals surface area (Å²) in [6.07, 6.45) is 0. The summed E-state index contributed by atoms with van der Waals surface area (Å²) in [5.74, 6) is 1.81. The zero-order chi connectivity index (χ0) is 13.7. The van der Waals surface area contributed by atoms with Crippen LogP contribution in [0.5, 0.6) is 0 Å². The average Bonchev–Trinajstić information content (AvgIpc) is 2.68. The maximum atomic E-state index is 12.1. The highest BCUT2D eigenvalue weighted by molar-refractivity contribution is 5.78. The van der Waals surface area contributed by atoms with Crippen molar-refractivity contribution >= 4 is 5.91 Å². The fourth-order valence-electron chi connectivity index (χ4n) is 1.69. The maximum Gasteiger partial charge on any atom is 0.237 e. The van der Waals surface area contributed by atoms with Gasteiger partial charge in [-0.25, -0.2) is 0 Å². The number of nitrogens with zero attached hydrogens (tertiary/aromatic N) is 1. The number of carbonyl (C=O) groups is 1. The molecule has 18 heavy (non-hydrogen) atoms. The van der Waals surface area contributed by atoms with Crippen LogP contribution in [0.1, 0.15) is 39.2 Å². The number of furan rings is 1. The van der Waals surface area contributed by atoms with E-state index in [2.05, 4.69) is 5.32 Å². The van der Waals surface area contributed by atoms with Crippen molar-refractivity contribution in [3.63, 3.8) is 0 Å². The van der Waals surface area contributed by atoms with Crippen LogP contribution in [0.25, 0.3) is 0 Å². The summed E-state index contributed by atoms with van der Waals surface area (Å²) in [5.41, 5.74) is 0. The fraction of sp³-hybridized carbons (Fsp3) is 0.643. The molecule has 0 fully saturated rings. The third-order valence-corrected chi connectivity index (χ3v) is 2.73. The minimum Gasteiger partial charge on any atom is -0.464 e. The highest BCUT2D eigenvalue weighted by Crippen LogP contribution is 2.12. The lowest BCUT2D eigenvalue weighted by atomic mass is 10.2. The molecule has 1 aromatic rings. The van der Waals surface area contributed by atoms with Gasteiger partial charge in [0.25, 0.3) is 0 Å². The van der Waals surface area contributed by atoms with E-state index in [9.17, 15) is 4.79 Å². The molecule has 0 aliphatic rings. The lowest BCUT2D eigenvalue weighted by Crippen LogP contribution is -2.43. The topological polar surface area (TPSA) is 45.5 Å². The molecule has 1 aromatic heterocycles. The minimum atomic E-state index is 0.104. The standard InChI is InChI=1S/C14H24N2O2/c1-10(2)15-8-14(17)16(11(3)4)9-13-7-6-12(5)18-13/h6-7,10-11,15H,8-9H2,1-5H3. The second kappa shape index (κ2) is 6.59. The Labute approximate surface area is 109 Å². The van der Waals surface area contributed by atoms with E-state index in [-0.39, 0.29) is 11.9 Å². The van der Waals surface area contributed by atoms with Gasteiger partial charge in [-0.1, -0.05) is 13.8 Å². The third kappa shape index (κ3) is 4.53. The van der Waals surface area contributed by atoms with Gasteiger partial charge >= 0.3 is 0 Å². The Bertz CT molecular complexity index is 383. The quantitative estimate of drug-likeness (QED) is 0.845. The molecule has 0 radical (unpaired) electrons. The Morgan fingerprint density at radius 1 is 1.33 bits per heavy atom. The van der Waals surface area contributed by atoms with Crippen molar-refractivity contribution in [1.29, 1.82) is 0 Å². The summed E-state index contributed by atoms with van der Waals surface area (Å²) < 4.78 is 5.53. The number of hydrogen-bond acceptors (Lipinski definition) is 3. The van der Waals surface area contributed by atoms with Gasteiger partial charge in [0.1, 0.15) is 11.5 Å². The first-order valence-corrected chi connectivity index (χ1v) is 6.48. The van der Waals surface area contributed by atoms with Crippen LogP contribution in [0.4, 0.5) is 0 Å². The number of rotatable bonds is 6. The summed E-state index contributed by atoms with van der Waals surface area (Å²) in [6, 6.07) is 4.32. The molecule has 0 unspecified atom stereocenters. The number of nitrogens with one attached hydrogen (secondary N) is 1. The Hall–Kier alpha value is -1.29. The van der Waals surface area contributed by atoms with E-state index >= 15 is 0 Å². The summed E-state index contributed by atoms with van der Waals surface area (Å²) in [6.45, 7) is 10.9. The zero-order valence-electron chi connectivity index (χ0n) is 12.0. The Balaban J connectivity index is 2.62. The van der Waals surface area contributed by atoms with Crippen LogP contribution in [-0.2, 0) is 11.3 Å². The largest absolute Gasteiger partial charge is 0.464 e. The number of carbonyl (C=O) groups excluding carboxylic acids is 1. The molecule has 0 aliphatic heterocycles. The van der Waals surface area contributed by atoms with E-state index in [0.717, 1.165) is 11.5 Å². The van der Waals surface area contributed by atoms with Gasteiger partial charge in [-0.3, -0.25) is 4.79 Å². The van der Waals surface area contributed by atoms with E-state index in [4.69, 9.17) is 4.42 Å². The van der Waals surface area contributed by atoms with Gasteiger partial charge in [0.2, 0.25) is 5.91 Å². The Kier molecular flexibility index (Phi) is 5.41. The minimum absolute atomic E-state index is 0.104. The monoisotopic (exact) mass is 252 g/mol. The molecule has 0 bridgehead atoms. The van der Waals surface area contributed by atoms with Gasteiger partial charge in [-0.05, 0) is 32.9 Å². The predicted octanol–water partition coefficient (Wildman–Crippen LogP) is 2.32. The van der Waals surface area contributed by atoms with Crippen LogP contribution in [0.3, 0.4) is 0 Å². The first-order chi connectivity index (χ1) is 8.40. The molecule has 0 aromatic carbocycles. The van der Waals surface area contributed by atoms with Gasteiger partial charge in [-0.2, -0.15) is 0 Å². The first-order valence-electron chi connectivity index (χ1n) is 6.48. The van der Waals surface area contributed by atoms with Crippen molar-refractivity contribution in [3.05, 3.63) is 23.7 Å². The Morgan fingerprint density at radius 2 is 2.00 bits per heavy atom. The SMILES string of the molecule is Cc1ccc(CN(C(=O)CNC(C)C)C(C)C)o1. The number of aryl methyl sites for hydroxylation is 1. The maximum absolute atomic E-state index is 12.1. The molecule has 0 saturated heterocycles. The van der Waals surface area contributed by atoms with Crippen LogP contribution in [0, 0.1) is 6.92 Å². The number of hydrogen-bond donors (Lipinski definition) is 1. The number of amides is 1. The van der Waals surface area contributed by atoms with E-state index in [1.54, 1.807) is 0 Å². The van der Waals surface area contributed by atoms with Crippen LogP contribution < -0.4 is 5.32 Å². The molecular weight excluding hydrogens is 228 g/mol. The first kappa shape index (κ1) is 14.8. The lowest BCUT2D eigenvalue weighted by molar-refractivity contribution is -0.133. The summed E-state index contributed by atoms with van der Waals surface area (Å²) in [4.78, 5) is 13.9. The average molecular weight is 252 g/mol. The fourth-order valence-corrected chi connectivity index (χ4v) is 1.69. The van der Waals surface area contributed by atoms with E-state index in [1.165, 1.54) is 0 Å². The molecule has 0 saturated carbocycles. The molecule has 1 rings (SSSR count). The highest BCUT2D eigenvalue weighted by Gasteiger charge is 2.18. The molecular formula is C14H24N2O2. The van der Waals surface area contributed by atoms with Crippen LogP contribution >= 0.6 is 0 Å². The summed E-state index contributed by atoms with van der Waals surface area (Å²) >= 11 is 0. The second-order valence-corrected chi connectivity index (χ2v) is 5.16. The van der Waals surface area contributed by atoms with Gasteiger partial charge in [-0.15, -0.1) is 0 Å². The van der Waals surface area contributed by atoms with E-state index < -0.39 is 0 Å². The smallest absolute Gasteiger partial charge is 0.237 e. The van der Waals surface area contributed by atoms with E-state index in [1.807, 2.05) is 51.7 Å². The summed E-state index contributed by atoms with van der Waals surface area (Å²) in [7, 11) is 0. The van der Waals surface area contributed by atoms with Crippen LogP contribution in [0.15, 0.2) is 16.5 Å². The highest BCUT2D eigenvalue weighted by atomic mass is 16.3. The van der Waals surface area contributed by atoms with Crippen molar-refractivity contribution in [2.24, 2.45) is 0 Å². The molecule has 0 aliphatic carbocycles. The molecule has 4 heteroatoms. The van der Waals surface area contributed by atoms with E-state index in [0.29, 0.717) is 19.1 Å². The molecule has 102 valence electrons. The van der Waals surface area contributed by atoms with Crippen LogP contribution in [0.2, 0.25) is 0 Å². The van der Waals surface area contributed by atoms with Gasteiger partial charge in [0.05, 0.1) is 13.1 Å². The van der Waals surface area contributed by atoms with Gasteiger partial charge in [0.15, 0.2) is 0 Å². The molecule has 4 nitrogen and oxygen atoms in total.